The summed E-state index contributed by atoms with van der Waals surface area (Å²) < 4.78 is 10.1. The normalized spacial score (nSPS) is 16.3. The number of Topliss-reactive ketones (excluding diaryl/α,β-unsaturated/α-hetero) is 2. The van der Waals surface area contributed by atoms with E-state index in [1.54, 1.807) is 38.7 Å². The largest absolute Gasteiger partial charge is 0.481 e. The molecule has 2 atom stereocenters. The molecule has 1 aliphatic rings. The lowest BCUT2D eigenvalue weighted by Crippen LogP contribution is -2.10. The van der Waals surface area contributed by atoms with E-state index in [1.807, 2.05) is 36.4 Å². The highest BCUT2D eigenvalue weighted by Gasteiger charge is 2.29. The maximum absolute atomic E-state index is 12.5. The Bertz CT molecular complexity index is 1350. The van der Waals surface area contributed by atoms with Crippen molar-refractivity contribution in [1.29, 1.82) is 0 Å². The molecule has 4 aromatic heterocycles. The van der Waals surface area contributed by atoms with Crippen LogP contribution in [0.25, 0.3) is 0 Å². The van der Waals surface area contributed by atoms with Gasteiger partial charge in [-0.3, -0.25) is 9.59 Å². The topological polar surface area (TPSA) is 130 Å². The van der Waals surface area contributed by atoms with E-state index < -0.39 is 0 Å². The minimum atomic E-state index is 0.0569. The summed E-state index contributed by atoms with van der Waals surface area (Å²) in [6.07, 6.45) is 7.23. The fourth-order valence-electron chi connectivity index (χ4n) is 5.14. The van der Waals surface area contributed by atoms with Gasteiger partial charge in [0.25, 0.3) is 0 Å². The van der Waals surface area contributed by atoms with Gasteiger partial charge in [0, 0.05) is 49.2 Å². The Morgan fingerprint density at radius 1 is 0.634 bits per heavy atom. The lowest BCUT2D eigenvalue weighted by molar-refractivity contribution is -0.118. The molecular formula is C31H32N6O4. The van der Waals surface area contributed by atoms with Crippen LogP contribution in [0.3, 0.4) is 0 Å². The Morgan fingerprint density at radius 2 is 1.10 bits per heavy atom. The summed E-state index contributed by atoms with van der Waals surface area (Å²) in [6, 6.07) is 14.9. The molecule has 1 saturated carbocycles. The highest BCUT2D eigenvalue weighted by Crippen LogP contribution is 2.42. The van der Waals surface area contributed by atoms with Crippen molar-refractivity contribution in [1.82, 2.24) is 30.4 Å². The van der Waals surface area contributed by atoms with Crippen LogP contribution in [0, 0.1) is 0 Å². The zero-order chi connectivity index (χ0) is 28.6. The minimum absolute atomic E-state index is 0.0569. The first kappa shape index (κ1) is 27.9. The van der Waals surface area contributed by atoms with Crippen LogP contribution in [-0.4, -0.2) is 56.1 Å². The van der Waals surface area contributed by atoms with Crippen molar-refractivity contribution < 1.29 is 19.1 Å². The average Bonchev–Trinajstić information content (AvgIpc) is 3.49. The molecule has 0 spiro atoms. The van der Waals surface area contributed by atoms with Crippen molar-refractivity contribution in [3.63, 3.8) is 0 Å². The van der Waals surface area contributed by atoms with Gasteiger partial charge < -0.3 is 9.47 Å². The Balaban J connectivity index is 1.10. The molecule has 0 saturated heterocycles. The van der Waals surface area contributed by atoms with Gasteiger partial charge in [0.05, 0.1) is 49.8 Å². The summed E-state index contributed by atoms with van der Waals surface area (Å²) in [4.78, 5) is 33.3. The fraction of sp³-hybridized carbons (Fsp3) is 0.355. The van der Waals surface area contributed by atoms with Crippen molar-refractivity contribution in [3.8, 4) is 11.8 Å². The van der Waals surface area contributed by atoms with Crippen LogP contribution in [0.5, 0.6) is 11.8 Å². The Morgan fingerprint density at radius 3 is 1.44 bits per heavy atom. The summed E-state index contributed by atoms with van der Waals surface area (Å²) in [5.74, 6) is 1.72. The Kier molecular flexibility index (Phi) is 8.98. The summed E-state index contributed by atoms with van der Waals surface area (Å²) in [5.41, 5.74) is 4.87. The fourth-order valence-corrected chi connectivity index (χ4v) is 5.14. The molecule has 0 aromatic carbocycles. The van der Waals surface area contributed by atoms with E-state index in [0.29, 0.717) is 36.0 Å². The molecule has 0 unspecified atom stereocenters. The van der Waals surface area contributed by atoms with Crippen molar-refractivity contribution in [2.24, 2.45) is 0 Å². The van der Waals surface area contributed by atoms with Crippen LogP contribution in [0.2, 0.25) is 0 Å². The van der Waals surface area contributed by atoms with E-state index in [-0.39, 0.29) is 36.2 Å². The molecule has 10 heteroatoms. The second-order valence-electron chi connectivity index (χ2n) is 10.3. The van der Waals surface area contributed by atoms with Gasteiger partial charge in [-0.25, -0.2) is 9.97 Å². The lowest BCUT2D eigenvalue weighted by atomic mass is 9.98. The van der Waals surface area contributed by atoms with Crippen molar-refractivity contribution in [3.05, 3.63) is 94.8 Å². The highest BCUT2D eigenvalue weighted by molar-refractivity contribution is 5.83. The van der Waals surface area contributed by atoms with Crippen LogP contribution >= 0.6 is 0 Å². The van der Waals surface area contributed by atoms with E-state index in [9.17, 15) is 9.59 Å². The van der Waals surface area contributed by atoms with Crippen LogP contribution in [0.1, 0.15) is 65.0 Å². The van der Waals surface area contributed by atoms with Gasteiger partial charge in [-0.15, -0.1) is 0 Å². The first-order valence-corrected chi connectivity index (χ1v) is 13.6. The minimum Gasteiger partial charge on any atom is -0.481 e. The molecule has 0 radical (unpaired) electrons. The molecule has 1 aliphatic carbocycles. The van der Waals surface area contributed by atoms with Crippen molar-refractivity contribution in [2.75, 3.05) is 14.2 Å². The van der Waals surface area contributed by atoms with Gasteiger partial charge in [-0.1, -0.05) is 12.1 Å². The van der Waals surface area contributed by atoms with Crippen LogP contribution in [-0.2, 0) is 35.3 Å². The Hall–Kier alpha value is -4.60. The van der Waals surface area contributed by atoms with Gasteiger partial charge in [-0.05, 0) is 54.7 Å². The predicted octanol–water partition coefficient (Wildman–Crippen LogP) is 3.83. The van der Waals surface area contributed by atoms with Gasteiger partial charge in [0.15, 0.2) is 0 Å². The van der Waals surface area contributed by atoms with Crippen LogP contribution < -0.4 is 9.47 Å². The number of hydrogen-bond acceptors (Lipinski definition) is 10. The van der Waals surface area contributed by atoms with Gasteiger partial charge in [0.2, 0.25) is 11.8 Å². The molecule has 4 heterocycles. The van der Waals surface area contributed by atoms with Gasteiger partial charge in [0.1, 0.15) is 11.6 Å². The second kappa shape index (κ2) is 13.2. The number of pyridine rings is 2. The average molecular weight is 553 g/mol. The standard InChI is InChI=1S/C31H32N6O4/c1-40-30-11-3-20(18-32-30)13-26(38)16-24-7-9-28(36-34-24)22-5-6-23(15-22)29-10-8-25(35-37-29)17-27(39)14-21-4-12-31(41-2)33-19-21/h3-4,7-12,18-19,22-23H,5-6,13-17H2,1-2H3/t22-,23-/m0/s1. The van der Waals surface area contributed by atoms with E-state index in [1.165, 1.54) is 0 Å². The van der Waals surface area contributed by atoms with E-state index in [2.05, 4.69) is 30.4 Å². The third-order valence-electron chi connectivity index (χ3n) is 7.32. The Labute approximate surface area is 238 Å². The quantitative estimate of drug-likeness (QED) is 0.256. The number of carbonyl (C=O) groups excluding carboxylic acids is 2. The van der Waals surface area contributed by atoms with Crippen LogP contribution in [0.15, 0.2) is 60.9 Å². The molecule has 0 aliphatic heterocycles. The SMILES string of the molecule is COc1ccc(CC(=O)Cc2ccc([C@H]3CC[C@H](c4ccc(CC(=O)Cc5ccc(OC)nc5)nn4)C3)nn2)cn1. The molecule has 4 aromatic rings. The number of methoxy groups -OCH3 is 2. The number of carbonyl (C=O) groups is 2. The molecule has 1 fully saturated rings. The first-order chi connectivity index (χ1) is 20.0. The maximum atomic E-state index is 12.5. The predicted molar refractivity (Wildman–Crippen MR) is 150 cm³/mol. The smallest absolute Gasteiger partial charge is 0.212 e. The second-order valence-corrected chi connectivity index (χ2v) is 10.3. The number of nitrogens with zero attached hydrogens (tertiary/aromatic N) is 6. The first-order valence-electron chi connectivity index (χ1n) is 13.6. The zero-order valence-electron chi connectivity index (χ0n) is 23.2. The van der Waals surface area contributed by atoms with E-state index >= 15 is 0 Å². The summed E-state index contributed by atoms with van der Waals surface area (Å²) in [5, 5.41) is 17.6. The monoisotopic (exact) mass is 552 g/mol. The summed E-state index contributed by atoms with van der Waals surface area (Å²) >= 11 is 0. The molecule has 10 nitrogen and oxygen atoms in total. The van der Waals surface area contributed by atoms with Crippen molar-refractivity contribution >= 4 is 11.6 Å². The molecule has 5 rings (SSSR count). The molecule has 0 bridgehead atoms. The van der Waals surface area contributed by atoms with Gasteiger partial charge in [-0.2, -0.15) is 20.4 Å². The third kappa shape index (κ3) is 7.53. The van der Waals surface area contributed by atoms with Crippen molar-refractivity contribution in [2.45, 2.75) is 56.8 Å². The summed E-state index contributed by atoms with van der Waals surface area (Å²) in [6.45, 7) is 0. The van der Waals surface area contributed by atoms with Gasteiger partial charge >= 0.3 is 0 Å². The number of ether oxygens (including phenoxy) is 2. The molecule has 0 amide bonds. The number of rotatable bonds is 12. The number of aromatic nitrogens is 6. The number of hydrogen-bond donors (Lipinski definition) is 0. The maximum Gasteiger partial charge on any atom is 0.212 e. The lowest BCUT2D eigenvalue weighted by Gasteiger charge is -2.11. The number of ketones is 2. The van der Waals surface area contributed by atoms with E-state index in [0.717, 1.165) is 41.8 Å². The highest BCUT2D eigenvalue weighted by atomic mass is 16.5. The van der Waals surface area contributed by atoms with E-state index in [4.69, 9.17) is 9.47 Å². The molecule has 210 valence electrons. The molecule has 41 heavy (non-hydrogen) atoms. The van der Waals surface area contributed by atoms with Crippen LogP contribution in [0.4, 0.5) is 0 Å². The molecular weight excluding hydrogens is 520 g/mol. The summed E-state index contributed by atoms with van der Waals surface area (Å²) in [7, 11) is 3.12. The molecule has 0 N–H and O–H groups in total. The zero-order valence-corrected chi connectivity index (χ0v) is 23.2. The third-order valence-corrected chi connectivity index (χ3v) is 7.32.